The van der Waals surface area contributed by atoms with Crippen molar-refractivity contribution < 1.29 is 32.5 Å². The predicted octanol–water partition coefficient (Wildman–Crippen LogP) is 4.59. The first kappa shape index (κ1) is 21.7. The second-order valence-corrected chi connectivity index (χ2v) is 7.20. The lowest BCUT2D eigenvalue weighted by Crippen LogP contribution is -2.31. The molecule has 1 unspecified atom stereocenters. The molecular formula is C22H25F2NO5. The van der Waals surface area contributed by atoms with Gasteiger partial charge in [-0.3, -0.25) is 4.79 Å². The standard InChI is InChI=1S/C22H25F2NO5/c1-13(2)20(14-5-7-16-19(11-14)29-10-4-9-28-16)25-21(26)15-6-8-17(30-22(23)24)18(12-15)27-3/h5-8,11-13,20,22H,4,9-10H2,1-3H3,(H,25,26). The third-order valence-corrected chi connectivity index (χ3v) is 4.73. The third kappa shape index (κ3) is 5.11. The zero-order valence-electron chi connectivity index (χ0n) is 17.1. The van der Waals surface area contributed by atoms with Crippen LogP contribution in [0.3, 0.4) is 0 Å². The van der Waals surface area contributed by atoms with E-state index in [1.807, 2.05) is 32.0 Å². The number of fused-ring (bicyclic) bond motifs is 1. The van der Waals surface area contributed by atoms with Crippen molar-refractivity contribution in [3.63, 3.8) is 0 Å². The van der Waals surface area contributed by atoms with E-state index in [1.54, 1.807) is 0 Å². The maximum absolute atomic E-state index is 12.9. The van der Waals surface area contributed by atoms with Crippen LogP contribution >= 0.6 is 0 Å². The maximum atomic E-state index is 12.9. The Morgan fingerprint density at radius 2 is 1.77 bits per heavy atom. The van der Waals surface area contributed by atoms with Crippen molar-refractivity contribution in [3.05, 3.63) is 47.5 Å². The van der Waals surface area contributed by atoms with Crippen LogP contribution in [-0.2, 0) is 0 Å². The molecule has 162 valence electrons. The summed E-state index contributed by atoms with van der Waals surface area (Å²) >= 11 is 0. The molecule has 0 aliphatic carbocycles. The molecule has 1 atom stereocenters. The van der Waals surface area contributed by atoms with Gasteiger partial charge in [-0.1, -0.05) is 19.9 Å². The highest BCUT2D eigenvalue weighted by atomic mass is 19.3. The molecule has 2 aromatic rings. The van der Waals surface area contributed by atoms with Crippen molar-refractivity contribution in [2.24, 2.45) is 5.92 Å². The van der Waals surface area contributed by atoms with Gasteiger partial charge in [-0.15, -0.1) is 0 Å². The molecule has 1 heterocycles. The van der Waals surface area contributed by atoms with Gasteiger partial charge in [0.1, 0.15) is 0 Å². The summed E-state index contributed by atoms with van der Waals surface area (Å²) in [5.74, 6) is 0.987. The zero-order chi connectivity index (χ0) is 21.7. The highest BCUT2D eigenvalue weighted by Crippen LogP contribution is 2.35. The Bertz CT molecular complexity index is 888. The molecule has 0 fully saturated rings. The van der Waals surface area contributed by atoms with Gasteiger partial charge in [-0.05, 0) is 41.8 Å². The number of carbonyl (C=O) groups is 1. The highest BCUT2D eigenvalue weighted by Gasteiger charge is 2.23. The van der Waals surface area contributed by atoms with Crippen LogP contribution in [0.2, 0.25) is 0 Å². The molecule has 2 aromatic carbocycles. The molecule has 1 aliphatic heterocycles. The summed E-state index contributed by atoms with van der Waals surface area (Å²) in [6, 6.07) is 9.41. The molecule has 0 saturated heterocycles. The molecule has 30 heavy (non-hydrogen) atoms. The lowest BCUT2D eigenvalue weighted by atomic mass is 9.95. The molecule has 8 heteroatoms. The number of nitrogens with one attached hydrogen (secondary N) is 1. The van der Waals surface area contributed by atoms with Gasteiger partial charge in [0.2, 0.25) is 0 Å². The Kier molecular flexibility index (Phi) is 6.97. The lowest BCUT2D eigenvalue weighted by molar-refractivity contribution is -0.0512. The van der Waals surface area contributed by atoms with Gasteiger partial charge in [-0.25, -0.2) is 0 Å². The van der Waals surface area contributed by atoms with E-state index in [4.69, 9.17) is 14.2 Å². The fourth-order valence-electron chi connectivity index (χ4n) is 3.23. The van der Waals surface area contributed by atoms with E-state index in [0.717, 1.165) is 12.0 Å². The lowest BCUT2D eigenvalue weighted by Gasteiger charge is -2.24. The fourth-order valence-corrected chi connectivity index (χ4v) is 3.23. The highest BCUT2D eigenvalue weighted by molar-refractivity contribution is 5.95. The van der Waals surface area contributed by atoms with Crippen LogP contribution in [0.1, 0.15) is 42.2 Å². The van der Waals surface area contributed by atoms with Crippen molar-refractivity contribution in [1.29, 1.82) is 0 Å². The van der Waals surface area contributed by atoms with E-state index in [1.165, 1.54) is 25.3 Å². The normalized spacial score (nSPS) is 14.2. The minimum Gasteiger partial charge on any atom is -0.493 e. The molecule has 1 aliphatic rings. The summed E-state index contributed by atoms with van der Waals surface area (Å²) in [6.45, 7) is 2.18. The summed E-state index contributed by atoms with van der Waals surface area (Å²) in [4.78, 5) is 12.9. The number of rotatable bonds is 7. The van der Waals surface area contributed by atoms with Crippen LogP contribution in [0, 0.1) is 5.92 Å². The van der Waals surface area contributed by atoms with E-state index in [-0.39, 0.29) is 34.9 Å². The largest absolute Gasteiger partial charge is 0.493 e. The second-order valence-electron chi connectivity index (χ2n) is 7.20. The molecule has 3 rings (SSSR count). The first-order valence-corrected chi connectivity index (χ1v) is 9.72. The topological polar surface area (TPSA) is 66.0 Å². The quantitative estimate of drug-likeness (QED) is 0.709. The number of hydrogen-bond donors (Lipinski definition) is 1. The molecule has 6 nitrogen and oxygen atoms in total. The number of halogens is 2. The van der Waals surface area contributed by atoms with E-state index < -0.39 is 6.61 Å². The van der Waals surface area contributed by atoms with Gasteiger partial charge in [0.15, 0.2) is 23.0 Å². The Hall–Kier alpha value is -3.03. The molecule has 0 radical (unpaired) electrons. The fraction of sp³-hybridized carbons (Fsp3) is 0.409. The number of ether oxygens (including phenoxy) is 4. The molecule has 0 aromatic heterocycles. The number of methoxy groups -OCH3 is 1. The zero-order valence-corrected chi connectivity index (χ0v) is 17.1. The summed E-state index contributed by atoms with van der Waals surface area (Å²) < 4.78 is 45.9. The second kappa shape index (κ2) is 9.65. The molecule has 0 bridgehead atoms. The van der Waals surface area contributed by atoms with Crippen molar-refractivity contribution >= 4 is 5.91 Å². The van der Waals surface area contributed by atoms with Gasteiger partial charge < -0.3 is 24.3 Å². The Balaban J connectivity index is 1.82. The molecular weight excluding hydrogens is 396 g/mol. The molecule has 0 saturated carbocycles. The van der Waals surface area contributed by atoms with Crippen molar-refractivity contribution in [2.75, 3.05) is 20.3 Å². The van der Waals surface area contributed by atoms with Crippen molar-refractivity contribution in [3.8, 4) is 23.0 Å². The maximum Gasteiger partial charge on any atom is 0.387 e. The van der Waals surface area contributed by atoms with Crippen molar-refractivity contribution in [2.45, 2.75) is 32.9 Å². The molecule has 1 amide bonds. The van der Waals surface area contributed by atoms with Crippen LogP contribution in [0.25, 0.3) is 0 Å². The summed E-state index contributed by atoms with van der Waals surface area (Å²) in [5, 5.41) is 3.00. The molecule has 0 spiro atoms. The van der Waals surface area contributed by atoms with Gasteiger partial charge in [0.05, 0.1) is 26.4 Å². The van der Waals surface area contributed by atoms with Gasteiger partial charge >= 0.3 is 6.61 Å². The number of amides is 1. The Labute approximate surface area is 174 Å². The predicted molar refractivity (Wildman–Crippen MR) is 107 cm³/mol. The van der Waals surface area contributed by atoms with Crippen LogP contribution in [0.15, 0.2) is 36.4 Å². The van der Waals surface area contributed by atoms with Crippen LogP contribution in [0.5, 0.6) is 23.0 Å². The third-order valence-electron chi connectivity index (χ3n) is 4.73. The minimum absolute atomic E-state index is 0.0552. The minimum atomic E-state index is -2.98. The van der Waals surface area contributed by atoms with E-state index in [0.29, 0.717) is 24.7 Å². The smallest absolute Gasteiger partial charge is 0.387 e. The average molecular weight is 421 g/mol. The van der Waals surface area contributed by atoms with Crippen LogP contribution < -0.4 is 24.3 Å². The summed E-state index contributed by atoms with van der Waals surface area (Å²) in [6.07, 6.45) is 0.807. The van der Waals surface area contributed by atoms with E-state index in [2.05, 4.69) is 10.1 Å². The Morgan fingerprint density at radius 1 is 1.03 bits per heavy atom. The van der Waals surface area contributed by atoms with E-state index in [9.17, 15) is 13.6 Å². The Morgan fingerprint density at radius 3 is 2.43 bits per heavy atom. The molecule has 1 N–H and O–H groups in total. The van der Waals surface area contributed by atoms with Crippen molar-refractivity contribution in [1.82, 2.24) is 5.32 Å². The van der Waals surface area contributed by atoms with Crippen LogP contribution in [0.4, 0.5) is 8.78 Å². The first-order chi connectivity index (χ1) is 14.4. The number of benzene rings is 2. The number of alkyl halides is 2. The van der Waals surface area contributed by atoms with E-state index >= 15 is 0 Å². The first-order valence-electron chi connectivity index (χ1n) is 9.72. The summed E-state index contributed by atoms with van der Waals surface area (Å²) in [5.41, 5.74) is 1.15. The SMILES string of the molecule is COc1cc(C(=O)NC(c2ccc3c(c2)OCCCO3)C(C)C)ccc1OC(F)F. The summed E-state index contributed by atoms with van der Waals surface area (Å²) in [7, 11) is 1.32. The monoisotopic (exact) mass is 421 g/mol. The number of hydrogen-bond acceptors (Lipinski definition) is 5. The van der Waals surface area contributed by atoms with Gasteiger partial charge in [-0.2, -0.15) is 8.78 Å². The number of carbonyl (C=O) groups excluding carboxylic acids is 1. The van der Waals surface area contributed by atoms with Crippen LogP contribution in [-0.4, -0.2) is 32.8 Å². The van der Waals surface area contributed by atoms with Gasteiger partial charge in [0.25, 0.3) is 5.91 Å². The average Bonchev–Trinajstić information content (AvgIpc) is 2.96. The van der Waals surface area contributed by atoms with Gasteiger partial charge in [0, 0.05) is 12.0 Å².